The number of hydrogen-bond donors (Lipinski definition) is 0. The van der Waals surface area contributed by atoms with E-state index in [2.05, 4.69) is 47.5 Å². The highest BCUT2D eigenvalue weighted by atomic mass is 17.6. The van der Waals surface area contributed by atoms with Gasteiger partial charge in [-0.15, -0.1) is 0 Å². The van der Waals surface area contributed by atoms with Crippen LogP contribution in [0.3, 0.4) is 0 Å². The van der Waals surface area contributed by atoms with Crippen molar-refractivity contribution >= 4 is 6.16 Å². The molecule has 0 saturated heterocycles. The van der Waals surface area contributed by atoms with Crippen molar-refractivity contribution in [2.75, 3.05) is 0 Å². The van der Waals surface area contributed by atoms with Crippen LogP contribution in [0.25, 0.3) is 0 Å². The number of hydrogen-bond acceptors (Lipinski definition) is 7. The fourth-order valence-electron chi connectivity index (χ4n) is 2.04. The van der Waals surface area contributed by atoms with E-state index in [4.69, 9.17) is 9.78 Å². The molecular formula is C17H34O7. The quantitative estimate of drug-likeness (QED) is 0.405. The summed E-state index contributed by atoms with van der Waals surface area (Å²) >= 11 is 0. The van der Waals surface area contributed by atoms with Gasteiger partial charge in [0.1, 0.15) is 11.2 Å². The summed E-state index contributed by atoms with van der Waals surface area (Å²) in [5.74, 6) is 1.10. The van der Waals surface area contributed by atoms with Gasteiger partial charge >= 0.3 is 6.16 Å². The number of carbonyl (C=O) groups excluding carboxylic acids is 1. The maximum Gasteiger partial charge on any atom is 0.577 e. The predicted molar refractivity (Wildman–Crippen MR) is 88.1 cm³/mol. The van der Waals surface area contributed by atoms with Gasteiger partial charge in [0.15, 0.2) is 0 Å². The summed E-state index contributed by atoms with van der Waals surface area (Å²) in [6.07, 6.45) is -1.23. The first-order valence-corrected chi connectivity index (χ1v) is 8.40. The van der Waals surface area contributed by atoms with E-state index >= 15 is 0 Å². The van der Waals surface area contributed by atoms with E-state index in [0.717, 1.165) is 0 Å². The monoisotopic (exact) mass is 350 g/mol. The van der Waals surface area contributed by atoms with E-state index in [1.807, 2.05) is 41.5 Å². The Balaban J connectivity index is 4.12. The summed E-state index contributed by atoms with van der Waals surface area (Å²) in [6.45, 7) is 19.6. The highest BCUT2D eigenvalue weighted by Crippen LogP contribution is 2.29. The van der Waals surface area contributed by atoms with Crippen LogP contribution in [-0.4, -0.2) is 17.4 Å². The Labute approximate surface area is 145 Å². The van der Waals surface area contributed by atoms with Gasteiger partial charge in [0.25, 0.3) is 0 Å². The zero-order valence-electron chi connectivity index (χ0n) is 16.7. The van der Waals surface area contributed by atoms with E-state index in [-0.39, 0.29) is 11.8 Å². The topological polar surface area (TPSA) is 72.5 Å². The molecule has 24 heavy (non-hydrogen) atoms. The van der Waals surface area contributed by atoms with Gasteiger partial charge in [-0.3, -0.25) is 0 Å². The van der Waals surface area contributed by atoms with Crippen molar-refractivity contribution < 1.29 is 34.4 Å². The minimum atomic E-state index is -1.23. The van der Waals surface area contributed by atoms with Gasteiger partial charge in [0.2, 0.25) is 0 Å². The second-order valence-electron chi connectivity index (χ2n) is 7.99. The highest BCUT2D eigenvalue weighted by Gasteiger charge is 2.33. The molecule has 0 aromatic heterocycles. The average molecular weight is 350 g/mol. The van der Waals surface area contributed by atoms with Crippen LogP contribution in [0.5, 0.6) is 0 Å². The molecule has 0 saturated carbocycles. The molecule has 0 heterocycles. The standard InChI is InChI=1S/C17H34O7/c1-11(2)13(5)16(7,8)21-23-19-15(18)20-24-22-17(9,10)14(6)12(3)4/h11-14H,1-10H3. The SMILES string of the molecule is CC(C)C(C)C(C)(C)OOOC(=O)OOOC(C)(C)C(C)C(C)C. The molecule has 0 rings (SSSR count). The van der Waals surface area contributed by atoms with Crippen LogP contribution in [0, 0.1) is 23.7 Å². The van der Waals surface area contributed by atoms with Crippen molar-refractivity contribution in [1.82, 2.24) is 0 Å². The van der Waals surface area contributed by atoms with E-state index < -0.39 is 17.4 Å². The fourth-order valence-corrected chi connectivity index (χ4v) is 2.04. The summed E-state index contributed by atoms with van der Waals surface area (Å²) in [6, 6.07) is 0. The molecule has 0 fully saturated rings. The lowest BCUT2D eigenvalue weighted by Crippen LogP contribution is -2.36. The molecule has 0 aromatic rings. The van der Waals surface area contributed by atoms with Crippen molar-refractivity contribution in [2.24, 2.45) is 23.7 Å². The van der Waals surface area contributed by atoms with E-state index in [0.29, 0.717) is 11.8 Å². The van der Waals surface area contributed by atoms with Crippen LogP contribution >= 0.6 is 0 Å². The lowest BCUT2D eigenvalue weighted by atomic mass is 9.84. The molecule has 7 nitrogen and oxygen atoms in total. The molecular weight excluding hydrogens is 316 g/mol. The fraction of sp³-hybridized carbons (Fsp3) is 0.941. The van der Waals surface area contributed by atoms with Crippen molar-refractivity contribution in [3.63, 3.8) is 0 Å². The zero-order chi connectivity index (χ0) is 19.1. The molecule has 0 aromatic carbocycles. The van der Waals surface area contributed by atoms with Crippen LogP contribution in [0.4, 0.5) is 4.79 Å². The molecule has 0 aliphatic heterocycles. The third kappa shape index (κ3) is 7.79. The average Bonchev–Trinajstić information content (AvgIpc) is 2.44. The molecule has 0 amide bonds. The molecule has 144 valence electrons. The summed E-state index contributed by atoms with van der Waals surface area (Å²) in [7, 11) is 0. The molecule has 2 unspecified atom stereocenters. The maximum absolute atomic E-state index is 11.4. The summed E-state index contributed by atoms with van der Waals surface area (Å²) in [4.78, 5) is 30.3. The summed E-state index contributed by atoms with van der Waals surface area (Å²) in [5, 5.41) is 8.98. The minimum absolute atomic E-state index is 0.176. The molecule has 0 aliphatic rings. The second kappa shape index (κ2) is 9.56. The first-order valence-electron chi connectivity index (χ1n) is 8.40. The molecule has 0 spiro atoms. The Morgan fingerprint density at radius 1 is 0.667 bits per heavy atom. The van der Waals surface area contributed by atoms with Crippen molar-refractivity contribution in [2.45, 2.75) is 80.4 Å². The first kappa shape index (κ1) is 23.1. The van der Waals surface area contributed by atoms with Crippen LogP contribution < -0.4 is 0 Å². The van der Waals surface area contributed by atoms with Gasteiger partial charge in [-0.05, 0) is 61.4 Å². The minimum Gasteiger partial charge on any atom is -0.226 e. The summed E-state index contributed by atoms with van der Waals surface area (Å²) < 4.78 is 0. The Morgan fingerprint density at radius 2 is 0.958 bits per heavy atom. The van der Waals surface area contributed by atoms with Crippen LogP contribution in [0.2, 0.25) is 0 Å². The molecule has 0 radical (unpaired) electrons. The van der Waals surface area contributed by atoms with E-state index in [1.165, 1.54) is 0 Å². The number of rotatable bonds is 10. The predicted octanol–water partition coefficient (Wildman–Crippen LogP) is 5.01. The van der Waals surface area contributed by atoms with E-state index in [9.17, 15) is 4.79 Å². The van der Waals surface area contributed by atoms with Gasteiger partial charge in [-0.1, -0.05) is 41.5 Å². The molecule has 0 N–H and O–H groups in total. The van der Waals surface area contributed by atoms with Crippen LogP contribution in [0.1, 0.15) is 69.2 Å². The lowest BCUT2D eigenvalue weighted by molar-refractivity contribution is -0.558. The van der Waals surface area contributed by atoms with Gasteiger partial charge in [0.05, 0.1) is 0 Å². The molecule has 2 atom stereocenters. The molecule has 7 heteroatoms. The Hall–Kier alpha value is -0.890. The van der Waals surface area contributed by atoms with Crippen molar-refractivity contribution in [3.8, 4) is 0 Å². The van der Waals surface area contributed by atoms with Crippen LogP contribution in [-0.2, 0) is 29.6 Å². The third-order valence-corrected chi connectivity index (χ3v) is 4.89. The third-order valence-electron chi connectivity index (χ3n) is 4.89. The van der Waals surface area contributed by atoms with Gasteiger partial charge in [0, 0.05) is 0 Å². The maximum atomic E-state index is 11.4. The second-order valence-corrected chi connectivity index (χ2v) is 7.99. The Bertz CT molecular complexity index is 343. The number of carbonyl (C=O) groups is 1. The smallest absolute Gasteiger partial charge is 0.226 e. The van der Waals surface area contributed by atoms with Gasteiger partial charge in [-0.25, -0.2) is 9.78 Å². The Morgan fingerprint density at radius 3 is 1.21 bits per heavy atom. The lowest BCUT2D eigenvalue weighted by Gasteiger charge is -2.32. The van der Waals surface area contributed by atoms with Crippen LogP contribution in [0.15, 0.2) is 0 Å². The first-order chi connectivity index (χ1) is 10.8. The van der Waals surface area contributed by atoms with E-state index in [1.54, 1.807) is 0 Å². The van der Waals surface area contributed by atoms with Crippen molar-refractivity contribution in [3.05, 3.63) is 0 Å². The highest BCUT2D eigenvalue weighted by molar-refractivity contribution is 5.57. The van der Waals surface area contributed by atoms with Gasteiger partial charge in [-0.2, -0.15) is 14.6 Å². The van der Waals surface area contributed by atoms with Gasteiger partial charge < -0.3 is 0 Å². The zero-order valence-corrected chi connectivity index (χ0v) is 16.7. The summed E-state index contributed by atoms with van der Waals surface area (Å²) in [5.41, 5.74) is -1.28. The molecule has 0 bridgehead atoms. The van der Waals surface area contributed by atoms with Crippen molar-refractivity contribution in [1.29, 1.82) is 0 Å². The molecule has 0 aliphatic carbocycles. The largest absolute Gasteiger partial charge is 0.577 e. The normalized spacial score (nSPS) is 15.5. The Kier molecular flexibility index (Phi) is 9.20.